The lowest BCUT2D eigenvalue weighted by Gasteiger charge is -2.22. The van der Waals surface area contributed by atoms with Gasteiger partial charge in [0, 0.05) is 17.6 Å². The van der Waals surface area contributed by atoms with E-state index in [1.165, 1.54) is 31.3 Å². The van der Waals surface area contributed by atoms with Gasteiger partial charge in [0.05, 0.1) is 0 Å². The van der Waals surface area contributed by atoms with Crippen LogP contribution in [0.4, 0.5) is 0 Å². The second kappa shape index (κ2) is 4.80. The van der Waals surface area contributed by atoms with Gasteiger partial charge in [-0.1, -0.05) is 29.8 Å². The van der Waals surface area contributed by atoms with Gasteiger partial charge in [-0.25, -0.2) is 0 Å². The molecule has 3 aliphatic rings. The first kappa shape index (κ1) is 12.8. The Morgan fingerprint density at radius 2 is 1.86 bits per heavy atom. The van der Waals surface area contributed by atoms with Gasteiger partial charge >= 0.3 is 0 Å². The summed E-state index contributed by atoms with van der Waals surface area (Å²) in [4.78, 5) is 0. The van der Waals surface area contributed by atoms with Gasteiger partial charge in [0.25, 0.3) is 0 Å². The van der Waals surface area contributed by atoms with E-state index in [0.29, 0.717) is 0 Å². The summed E-state index contributed by atoms with van der Waals surface area (Å²) in [5.41, 5.74) is 4.56. The number of hydrogen-bond acceptors (Lipinski definition) is 2. The molecule has 1 aromatic rings. The largest absolute Gasteiger partial charge is 0.508 e. The maximum atomic E-state index is 10.2. The Bertz CT molecular complexity index is 679. The number of benzene rings is 1. The van der Waals surface area contributed by atoms with Crippen molar-refractivity contribution in [2.45, 2.75) is 32.1 Å². The fourth-order valence-electron chi connectivity index (χ4n) is 4.25. The number of phenolic OH excluding ortho intramolecular Hbond substituents is 1. The van der Waals surface area contributed by atoms with Crippen LogP contribution >= 0.6 is 0 Å². The van der Waals surface area contributed by atoms with Crippen LogP contribution in [0.25, 0.3) is 5.57 Å². The third-order valence-corrected chi connectivity index (χ3v) is 5.30. The standard InChI is InChI=1S/C19H20O2/c20-18-4-2-1-3-15(18)17-11-14(7-8-19(17)21)16-10-12-5-6-13(16)9-12/h1-4,7-8,12-13,20-21H,5-6,9-11H2. The molecule has 2 unspecified atom stereocenters. The molecule has 1 aromatic carbocycles. The van der Waals surface area contributed by atoms with Gasteiger partial charge in [-0.3, -0.25) is 0 Å². The summed E-state index contributed by atoms with van der Waals surface area (Å²) in [6.07, 6.45) is 9.91. The summed E-state index contributed by atoms with van der Waals surface area (Å²) in [6, 6.07) is 7.27. The highest BCUT2D eigenvalue weighted by molar-refractivity contribution is 5.77. The number of aliphatic hydroxyl groups excluding tert-OH is 1. The Balaban J connectivity index is 1.72. The predicted octanol–water partition coefficient (Wildman–Crippen LogP) is 4.74. The van der Waals surface area contributed by atoms with E-state index in [1.807, 2.05) is 18.2 Å². The first-order valence-electron chi connectivity index (χ1n) is 7.83. The SMILES string of the molecule is OC1=C(c2ccccc2O)CC(=C2CC3CCC2C3)C=C1. The number of aliphatic hydroxyl groups is 1. The molecule has 4 rings (SSSR count). The molecule has 21 heavy (non-hydrogen) atoms. The lowest BCUT2D eigenvalue weighted by Crippen LogP contribution is -2.05. The van der Waals surface area contributed by atoms with E-state index >= 15 is 0 Å². The van der Waals surface area contributed by atoms with Gasteiger partial charge < -0.3 is 10.2 Å². The Hall–Kier alpha value is -1.96. The lowest BCUT2D eigenvalue weighted by atomic mass is 9.84. The lowest BCUT2D eigenvalue weighted by molar-refractivity contribution is 0.430. The number of rotatable bonds is 1. The number of fused-ring (bicyclic) bond motifs is 2. The molecule has 3 aliphatic carbocycles. The van der Waals surface area contributed by atoms with Crippen LogP contribution in [0, 0.1) is 11.8 Å². The number of allylic oxidation sites excluding steroid dienone is 5. The molecule has 2 heteroatoms. The van der Waals surface area contributed by atoms with Crippen molar-refractivity contribution in [2.75, 3.05) is 0 Å². The molecule has 0 aliphatic heterocycles. The molecule has 0 heterocycles. The molecule has 108 valence electrons. The second-order valence-electron chi connectivity index (χ2n) is 6.52. The van der Waals surface area contributed by atoms with E-state index in [1.54, 1.807) is 17.7 Å². The van der Waals surface area contributed by atoms with Crippen molar-refractivity contribution in [1.29, 1.82) is 0 Å². The Morgan fingerprint density at radius 3 is 2.57 bits per heavy atom. The van der Waals surface area contributed by atoms with E-state index in [-0.39, 0.29) is 11.5 Å². The van der Waals surface area contributed by atoms with Gasteiger partial charge in [-0.05, 0) is 55.2 Å². The highest BCUT2D eigenvalue weighted by Crippen LogP contribution is 2.51. The molecule has 2 nitrogen and oxygen atoms in total. The molecule has 0 radical (unpaired) electrons. The zero-order valence-electron chi connectivity index (χ0n) is 12.0. The predicted molar refractivity (Wildman–Crippen MR) is 83.9 cm³/mol. The van der Waals surface area contributed by atoms with Crippen LogP contribution in [0.2, 0.25) is 0 Å². The molecule has 0 amide bonds. The van der Waals surface area contributed by atoms with Crippen molar-refractivity contribution >= 4 is 5.57 Å². The molecular formula is C19H20O2. The number of phenols is 1. The number of hydrogen-bond donors (Lipinski definition) is 2. The molecule has 2 bridgehead atoms. The minimum Gasteiger partial charge on any atom is -0.508 e. The topological polar surface area (TPSA) is 40.5 Å². The van der Waals surface area contributed by atoms with E-state index in [2.05, 4.69) is 6.08 Å². The average molecular weight is 280 g/mol. The summed E-state index contributed by atoms with van der Waals surface area (Å²) >= 11 is 0. The minimum atomic E-state index is 0.242. The van der Waals surface area contributed by atoms with Crippen molar-refractivity contribution in [2.24, 2.45) is 11.8 Å². The van der Waals surface area contributed by atoms with Crippen molar-refractivity contribution in [3.05, 3.63) is 58.9 Å². The van der Waals surface area contributed by atoms with Crippen LogP contribution in [-0.4, -0.2) is 10.2 Å². The minimum absolute atomic E-state index is 0.242. The first-order chi connectivity index (χ1) is 10.2. The number of para-hydroxylation sites is 1. The Kier molecular flexibility index (Phi) is 2.91. The molecular weight excluding hydrogens is 260 g/mol. The van der Waals surface area contributed by atoms with Crippen LogP contribution in [0.1, 0.15) is 37.7 Å². The highest BCUT2D eigenvalue weighted by Gasteiger charge is 2.37. The summed E-state index contributed by atoms with van der Waals surface area (Å²) in [7, 11) is 0. The summed E-state index contributed by atoms with van der Waals surface area (Å²) in [5.74, 6) is 2.18. The van der Waals surface area contributed by atoms with E-state index < -0.39 is 0 Å². The van der Waals surface area contributed by atoms with Gasteiger partial charge in [0.1, 0.15) is 11.5 Å². The van der Waals surface area contributed by atoms with Crippen molar-refractivity contribution < 1.29 is 10.2 Å². The van der Waals surface area contributed by atoms with Crippen LogP contribution < -0.4 is 0 Å². The fraction of sp³-hybridized carbons (Fsp3) is 0.368. The molecule has 0 spiro atoms. The zero-order valence-corrected chi connectivity index (χ0v) is 12.0. The highest BCUT2D eigenvalue weighted by atomic mass is 16.3. The quantitative estimate of drug-likeness (QED) is 0.780. The third-order valence-electron chi connectivity index (χ3n) is 5.30. The smallest absolute Gasteiger partial charge is 0.123 e. The summed E-state index contributed by atoms with van der Waals surface area (Å²) in [5, 5.41) is 20.3. The van der Waals surface area contributed by atoms with Gasteiger partial charge in [0.15, 0.2) is 0 Å². The Morgan fingerprint density at radius 1 is 1.00 bits per heavy atom. The normalized spacial score (nSPS) is 31.2. The van der Waals surface area contributed by atoms with Crippen molar-refractivity contribution in [3.63, 3.8) is 0 Å². The van der Waals surface area contributed by atoms with Crippen LogP contribution in [0.5, 0.6) is 5.75 Å². The van der Waals surface area contributed by atoms with Gasteiger partial charge in [0.2, 0.25) is 0 Å². The number of aromatic hydroxyl groups is 1. The molecule has 2 N–H and O–H groups in total. The molecule has 2 fully saturated rings. The molecule has 2 saturated carbocycles. The molecule has 0 saturated heterocycles. The Labute approximate surface area is 125 Å². The molecule has 2 atom stereocenters. The monoisotopic (exact) mass is 280 g/mol. The first-order valence-corrected chi connectivity index (χ1v) is 7.83. The summed E-state index contributed by atoms with van der Waals surface area (Å²) in [6.45, 7) is 0. The van der Waals surface area contributed by atoms with Crippen LogP contribution in [0.15, 0.2) is 53.3 Å². The van der Waals surface area contributed by atoms with Crippen molar-refractivity contribution in [3.8, 4) is 5.75 Å². The molecule has 0 aromatic heterocycles. The summed E-state index contributed by atoms with van der Waals surface area (Å²) < 4.78 is 0. The van der Waals surface area contributed by atoms with Crippen LogP contribution in [0.3, 0.4) is 0 Å². The third kappa shape index (κ3) is 2.10. The van der Waals surface area contributed by atoms with E-state index in [0.717, 1.165) is 29.4 Å². The second-order valence-corrected chi connectivity index (χ2v) is 6.52. The zero-order chi connectivity index (χ0) is 14.4. The van der Waals surface area contributed by atoms with Crippen LogP contribution in [-0.2, 0) is 0 Å². The average Bonchev–Trinajstić information content (AvgIpc) is 3.11. The van der Waals surface area contributed by atoms with Crippen molar-refractivity contribution in [1.82, 2.24) is 0 Å². The maximum Gasteiger partial charge on any atom is 0.123 e. The van der Waals surface area contributed by atoms with Gasteiger partial charge in [-0.2, -0.15) is 0 Å². The van der Waals surface area contributed by atoms with Gasteiger partial charge in [-0.15, -0.1) is 0 Å². The maximum absolute atomic E-state index is 10.2. The fourth-order valence-corrected chi connectivity index (χ4v) is 4.25. The van der Waals surface area contributed by atoms with E-state index in [9.17, 15) is 10.2 Å². The van der Waals surface area contributed by atoms with E-state index in [4.69, 9.17) is 0 Å².